The molecule has 0 unspecified atom stereocenters. The molecule has 4 amide bonds. The minimum Gasteiger partial charge on any atom is -0.467 e. The minimum atomic E-state index is -1.66. The number of hydrogen-bond donors (Lipinski definition) is 1. The van der Waals surface area contributed by atoms with E-state index in [9.17, 15) is 23.2 Å². The Morgan fingerprint density at radius 3 is 2.56 bits per heavy atom. The van der Waals surface area contributed by atoms with Crippen LogP contribution in [0.4, 0.5) is 13.6 Å². The molecule has 1 aromatic heterocycles. The van der Waals surface area contributed by atoms with E-state index >= 15 is 0 Å². The van der Waals surface area contributed by atoms with E-state index in [-0.39, 0.29) is 5.56 Å². The number of hydrogen-bond acceptors (Lipinski definition) is 5. The van der Waals surface area contributed by atoms with Gasteiger partial charge in [0.2, 0.25) is 0 Å². The lowest BCUT2D eigenvalue weighted by molar-refractivity contribution is -0.140. The fourth-order valence-electron chi connectivity index (χ4n) is 4.41. The summed E-state index contributed by atoms with van der Waals surface area (Å²) in [5.41, 5.74) is 0.981. The van der Waals surface area contributed by atoms with Crippen molar-refractivity contribution in [3.8, 4) is 0 Å². The Hall–Kier alpha value is -4.34. The lowest BCUT2D eigenvalue weighted by Crippen LogP contribution is -2.43. The summed E-state index contributed by atoms with van der Waals surface area (Å²) in [4.78, 5) is 40.0. The van der Waals surface area contributed by atoms with Crippen LogP contribution in [0, 0.1) is 18.6 Å². The Morgan fingerprint density at radius 2 is 1.89 bits per heavy atom. The second kappa shape index (κ2) is 8.71. The van der Waals surface area contributed by atoms with Crippen LogP contribution in [-0.2, 0) is 15.1 Å². The van der Waals surface area contributed by atoms with Crippen molar-refractivity contribution < 1.29 is 27.6 Å². The zero-order valence-corrected chi connectivity index (χ0v) is 19.5. The first-order chi connectivity index (χ1) is 17.2. The third-order valence-electron chi connectivity index (χ3n) is 6.49. The summed E-state index contributed by atoms with van der Waals surface area (Å²) in [6.45, 7) is 2.75. The predicted molar refractivity (Wildman–Crippen MR) is 125 cm³/mol. The number of nitrogens with zero attached hydrogens (tertiary/aromatic N) is 3. The van der Waals surface area contributed by atoms with Crippen LogP contribution in [0.5, 0.6) is 0 Å². The summed E-state index contributed by atoms with van der Waals surface area (Å²) in [5, 5.41) is 8.23. The summed E-state index contributed by atoms with van der Waals surface area (Å²) in [5.74, 6) is -3.08. The number of carbonyl (C=O) groups excluding carboxylic acids is 3. The van der Waals surface area contributed by atoms with Gasteiger partial charge in [-0.15, -0.1) is 0 Å². The monoisotopic (exact) mass is 492 g/mol. The molecule has 10 heteroatoms. The topological polar surface area (TPSA) is 95.2 Å². The Bertz CT molecular complexity index is 1390. The Balaban J connectivity index is 1.41. The van der Waals surface area contributed by atoms with Gasteiger partial charge in [0.05, 0.1) is 12.0 Å². The number of nitrogens with one attached hydrogen (secondary N) is 1. The van der Waals surface area contributed by atoms with E-state index in [2.05, 4.69) is 10.4 Å². The van der Waals surface area contributed by atoms with Gasteiger partial charge >= 0.3 is 6.03 Å². The second-order valence-corrected chi connectivity index (χ2v) is 8.96. The molecule has 5 rings (SSSR count). The fourth-order valence-corrected chi connectivity index (χ4v) is 4.41. The molecule has 0 spiro atoms. The highest BCUT2D eigenvalue weighted by molar-refractivity contribution is 6.09. The average Bonchev–Trinajstić information content (AvgIpc) is 3.58. The number of furan rings is 1. The Labute approximate surface area is 205 Å². The van der Waals surface area contributed by atoms with Gasteiger partial charge < -0.3 is 9.73 Å². The van der Waals surface area contributed by atoms with E-state index in [1.54, 1.807) is 12.1 Å². The molecule has 0 radical (unpaired) electrons. The van der Waals surface area contributed by atoms with E-state index in [1.165, 1.54) is 24.3 Å². The molecule has 0 saturated carbocycles. The van der Waals surface area contributed by atoms with Gasteiger partial charge in [-0.3, -0.25) is 14.5 Å². The number of hydrazone groups is 1. The van der Waals surface area contributed by atoms with E-state index in [1.807, 2.05) is 31.2 Å². The molecule has 36 heavy (non-hydrogen) atoms. The van der Waals surface area contributed by atoms with Crippen molar-refractivity contribution >= 4 is 23.6 Å². The average molecular weight is 492 g/mol. The number of imide groups is 1. The molecule has 0 bridgehead atoms. The van der Waals surface area contributed by atoms with Gasteiger partial charge in [0.1, 0.15) is 23.9 Å². The van der Waals surface area contributed by atoms with Crippen molar-refractivity contribution in [1.29, 1.82) is 0 Å². The Kier molecular flexibility index (Phi) is 5.66. The number of rotatable bonds is 5. The minimum absolute atomic E-state index is 0.0593. The van der Waals surface area contributed by atoms with Gasteiger partial charge in [-0.1, -0.05) is 35.9 Å². The van der Waals surface area contributed by atoms with E-state index in [0.717, 1.165) is 28.2 Å². The lowest BCUT2D eigenvalue weighted by Gasteiger charge is -2.24. The fraction of sp³-hybridized carbons (Fsp3) is 0.231. The summed E-state index contributed by atoms with van der Waals surface area (Å²) in [6, 6.07) is 12.7. The highest BCUT2D eigenvalue weighted by Crippen LogP contribution is 2.34. The predicted octanol–water partition coefficient (Wildman–Crippen LogP) is 4.01. The van der Waals surface area contributed by atoms with Crippen LogP contribution in [0.2, 0.25) is 0 Å². The van der Waals surface area contributed by atoms with E-state index in [0.29, 0.717) is 17.9 Å². The maximum Gasteiger partial charge on any atom is 0.325 e. The number of benzene rings is 2. The van der Waals surface area contributed by atoms with E-state index in [4.69, 9.17) is 4.42 Å². The van der Waals surface area contributed by atoms with Crippen LogP contribution >= 0.6 is 0 Å². The van der Waals surface area contributed by atoms with Crippen LogP contribution in [0.25, 0.3) is 0 Å². The van der Waals surface area contributed by atoms with Gasteiger partial charge in [-0.05, 0) is 49.2 Å². The molecule has 3 heterocycles. The number of urea groups is 1. The van der Waals surface area contributed by atoms with Crippen molar-refractivity contribution in [2.24, 2.45) is 5.10 Å². The summed E-state index contributed by atoms with van der Waals surface area (Å²) >= 11 is 0. The highest BCUT2D eigenvalue weighted by atomic mass is 19.2. The molecule has 3 aromatic rings. The SMILES string of the molecule is Cc1ccc(C2=NN(C(=O)CN3C(=O)N[C@@](C)(c4ccc(F)c(F)c4)C3=O)[C@@H](c3ccco3)C2)cc1. The van der Waals surface area contributed by atoms with Crippen molar-refractivity contribution in [2.45, 2.75) is 31.8 Å². The van der Waals surface area contributed by atoms with Crippen molar-refractivity contribution in [2.75, 3.05) is 6.54 Å². The van der Waals surface area contributed by atoms with E-state index < -0.39 is 47.6 Å². The molecule has 2 aliphatic heterocycles. The summed E-state index contributed by atoms with van der Waals surface area (Å²) in [7, 11) is 0. The Morgan fingerprint density at radius 1 is 1.14 bits per heavy atom. The number of aryl methyl sites for hydroxylation is 1. The maximum absolute atomic E-state index is 13.8. The van der Waals surface area contributed by atoms with Gasteiger partial charge in [-0.25, -0.2) is 18.6 Å². The molecule has 2 aromatic carbocycles. The molecule has 1 fully saturated rings. The van der Waals surface area contributed by atoms with Crippen LogP contribution in [0.3, 0.4) is 0 Å². The normalized spacial score (nSPS) is 21.7. The molecule has 1 N–H and O–H groups in total. The zero-order chi connectivity index (χ0) is 25.6. The molecule has 2 aliphatic rings. The molecule has 184 valence electrons. The van der Waals surface area contributed by atoms with Gasteiger partial charge in [0.15, 0.2) is 11.6 Å². The van der Waals surface area contributed by atoms with Crippen LogP contribution in [0.1, 0.15) is 41.8 Å². The zero-order valence-electron chi connectivity index (χ0n) is 19.5. The van der Waals surface area contributed by atoms with Gasteiger partial charge in [0.25, 0.3) is 11.8 Å². The lowest BCUT2D eigenvalue weighted by atomic mass is 9.92. The smallest absolute Gasteiger partial charge is 0.325 e. The molecule has 1 saturated heterocycles. The molecule has 2 atom stereocenters. The number of carbonyl (C=O) groups is 3. The summed E-state index contributed by atoms with van der Waals surface area (Å²) < 4.78 is 32.8. The first-order valence-electron chi connectivity index (χ1n) is 11.3. The molecule has 0 aliphatic carbocycles. The van der Waals surface area contributed by atoms with Gasteiger partial charge in [0, 0.05) is 6.42 Å². The standard InChI is InChI=1S/C26H22F2N4O4/c1-15-5-7-16(8-6-15)20-13-21(22-4-3-11-36-22)32(30-20)23(33)14-31-24(34)26(2,29-25(31)35)17-9-10-18(27)19(28)12-17/h3-12,21H,13-14H2,1-2H3,(H,29,35)/t21-,26+/m1/s1. The molecular formula is C26H22F2N4O4. The number of halogens is 2. The first-order valence-corrected chi connectivity index (χ1v) is 11.3. The third-order valence-corrected chi connectivity index (χ3v) is 6.49. The molecule has 8 nitrogen and oxygen atoms in total. The number of amides is 4. The summed E-state index contributed by atoms with van der Waals surface area (Å²) in [6.07, 6.45) is 1.88. The van der Waals surface area contributed by atoms with Crippen molar-refractivity contribution in [1.82, 2.24) is 15.2 Å². The largest absolute Gasteiger partial charge is 0.467 e. The van der Waals surface area contributed by atoms with Crippen molar-refractivity contribution in [3.05, 3.63) is 94.9 Å². The third kappa shape index (κ3) is 3.94. The van der Waals surface area contributed by atoms with Crippen LogP contribution in [0.15, 0.2) is 70.4 Å². The highest BCUT2D eigenvalue weighted by Gasteiger charge is 2.50. The van der Waals surface area contributed by atoms with Crippen molar-refractivity contribution in [3.63, 3.8) is 0 Å². The van der Waals surface area contributed by atoms with Crippen LogP contribution in [-0.4, -0.2) is 40.0 Å². The molecular weight excluding hydrogens is 470 g/mol. The quantitative estimate of drug-likeness (QED) is 0.545. The maximum atomic E-state index is 13.8. The van der Waals surface area contributed by atoms with Gasteiger partial charge in [-0.2, -0.15) is 5.10 Å². The second-order valence-electron chi connectivity index (χ2n) is 8.96. The van der Waals surface area contributed by atoms with Crippen LogP contribution < -0.4 is 5.32 Å². The first kappa shape index (κ1) is 23.4.